The smallest absolute Gasteiger partial charge is 0.290 e. The van der Waals surface area contributed by atoms with Gasteiger partial charge in [0.25, 0.3) is 10.1 Å². The zero-order valence-corrected chi connectivity index (χ0v) is 21.2. The molecule has 0 bridgehead atoms. The van der Waals surface area contributed by atoms with Gasteiger partial charge in [-0.05, 0) is 50.5 Å². The molecule has 0 aliphatic carbocycles. The van der Waals surface area contributed by atoms with E-state index in [2.05, 4.69) is 24.4 Å². The lowest BCUT2D eigenvalue weighted by Gasteiger charge is -2.11. The van der Waals surface area contributed by atoms with Gasteiger partial charge < -0.3 is 14.8 Å². The van der Waals surface area contributed by atoms with Crippen LogP contribution in [-0.2, 0) is 14.3 Å². The van der Waals surface area contributed by atoms with Gasteiger partial charge in [0.05, 0.1) is 31.4 Å². The molecule has 0 amide bonds. The Balaban J connectivity index is 1.48. The lowest BCUT2D eigenvalue weighted by atomic mass is 10.1. The molecule has 0 aliphatic rings. The van der Waals surface area contributed by atoms with E-state index in [0.29, 0.717) is 23.7 Å². The minimum absolute atomic E-state index is 0.0921. The summed E-state index contributed by atoms with van der Waals surface area (Å²) in [5.41, 5.74) is 2.82. The molecule has 0 atom stereocenters. The topological polar surface area (TPSA) is 86.8 Å². The standard InChI is InChI=1S/C25H30N2O5S2/c1-4-32-34(28,29)17-14-20-12-13-22(30-3)23(18-20)31-16-9-8-15-26-25-27-24(19(2)33-25)21-10-6-5-7-11-21/h5-7,10-14,17-18H,4,8-9,15-16H2,1-3H3,(H,26,27)/b17-14+. The normalized spacial score (nSPS) is 11.6. The summed E-state index contributed by atoms with van der Waals surface area (Å²) in [6, 6.07) is 15.4. The van der Waals surface area contributed by atoms with Crippen LogP contribution in [0.15, 0.2) is 53.9 Å². The predicted molar refractivity (Wildman–Crippen MR) is 138 cm³/mol. The molecule has 2 aromatic carbocycles. The Labute approximate surface area is 205 Å². The second-order valence-electron chi connectivity index (χ2n) is 7.38. The summed E-state index contributed by atoms with van der Waals surface area (Å²) in [7, 11) is -2.12. The molecule has 0 saturated heterocycles. The summed E-state index contributed by atoms with van der Waals surface area (Å²) in [6.07, 6.45) is 3.22. The molecule has 182 valence electrons. The number of rotatable bonds is 13. The summed E-state index contributed by atoms with van der Waals surface area (Å²) in [5.74, 6) is 1.16. The van der Waals surface area contributed by atoms with Crippen molar-refractivity contribution in [2.75, 3.05) is 32.2 Å². The van der Waals surface area contributed by atoms with Crippen molar-refractivity contribution in [3.8, 4) is 22.8 Å². The Morgan fingerprint density at radius 1 is 1.09 bits per heavy atom. The molecule has 34 heavy (non-hydrogen) atoms. The SMILES string of the molecule is CCOS(=O)(=O)/C=C/c1ccc(OC)c(OCCCCNc2nc(-c3ccccc3)c(C)s2)c1. The third-order valence-electron chi connectivity index (χ3n) is 4.85. The molecule has 0 radical (unpaired) electrons. The van der Waals surface area contributed by atoms with Crippen LogP contribution in [0.5, 0.6) is 11.5 Å². The Hall–Kier alpha value is -2.88. The van der Waals surface area contributed by atoms with Crippen molar-refractivity contribution in [1.29, 1.82) is 0 Å². The first-order valence-corrected chi connectivity index (χ1v) is 13.4. The monoisotopic (exact) mass is 502 g/mol. The number of aromatic nitrogens is 1. The van der Waals surface area contributed by atoms with Gasteiger partial charge in [-0.3, -0.25) is 4.18 Å². The molecule has 0 spiro atoms. The number of ether oxygens (including phenoxy) is 2. The van der Waals surface area contributed by atoms with E-state index in [1.807, 2.05) is 18.2 Å². The fourth-order valence-corrected chi connectivity index (χ4v) is 4.81. The van der Waals surface area contributed by atoms with E-state index in [1.54, 1.807) is 43.6 Å². The Kier molecular flexibility index (Phi) is 9.50. The van der Waals surface area contributed by atoms with Crippen molar-refractivity contribution in [3.63, 3.8) is 0 Å². The number of methoxy groups -OCH3 is 1. The first-order chi connectivity index (χ1) is 16.4. The highest BCUT2D eigenvalue weighted by Gasteiger charge is 2.10. The van der Waals surface area contributed by atoms with Crippen molar-refractivity contribution in [1.82, 2.24) is 4.98 Å². The molecule has 0 saturated carbocycles. The quantitative estimate of drug-likeness (QED) is 0.236. The van der Waals surface area contributed by atoms with E-state index < -0.39 is 10.1 Å². The summed E-state index contributed by atoms with van der Waals surface area (Å²) in [6.45, 7) is 5.10. The first-order valence-electron chi connectivity index (χ1n) is 11.1. The highest BCUT2D eigenvalue weighted by atomic mass is 32.2. The van der Waals surface area contributed by atoms with Gasteiger partial charge in [0.2, 0.25) is 0 Å². The number of nitrogens with one attached hydrogen (secondary N) is 1. The Morgan fingerprint density at radius 3 is 2.62 bits per heavy atom. The van der Waals surface area contributed by atoms with Crippen LogP contribution in [0, 0.1) is 6.92 Å². The second kappa shape index (κ2) is 12.5. The van der Waals surface area contributed by atoms with Crippen LogP contribution in [0.25, 0.3) is 17.3 Å². The molecule has 1 heterocycles. The second-order valence-corrected chi connectivity index (χ2v) is 10.1. The van der Waals surface area contributed by atoms with E-state index in [1.165, 1.54) is 11.0 Å². The molecule has 0 unspecified atom stereocenters. The number of nitrogens with zero attached hydrogens (tertiary/aromatic N) is 1. The summed E-state index contributed by atoms with van der Waals surface area (Å²) < 4.78 is 39.4. The van der Waals surface area contributed by atoms with Gasteiger partial charge >= 0.3 is 0 Å². The molecule has 0 aliphatic heterocycles. The van der Waals surface area contributed by atoms with Crippen molar-refractivity contribution in [3.05, 3.63) is 64.4 Å². The molecule has 3 aromatic rings. The van der Waals surface area contributed by atoms with Crippen molar-refractivity contribution >= 4 is 32.7 Å². The lowest BCUT2D eigenvalue weighted by molar-refractivity contribution is 0.287. The van der Waals surface area contributed by atoms with Crippen molar-refractivity contribution < 1.29 is 22.1 Å². The van der Waals surface area contributed by atoms with Crippen LogP contribution in [0.2, 0.25) is 0 Å². The Bertz CT molecular complexity index is 1190. The number of hydrogen-bond donors (Lipinski definition) is 1. The maximum absolute atomic E-state index is 11.7. The van der Waals surface area contributed by atoms with Gasteiger partial charge in [-0.2, -0.15) is 8.42 Å². The molecule has 1 N–H and O–H groups in total. The van der Waals surface area contributed by atoms with Crippen LogP contribution < -0.4 is 14.8 Å². The van der Waals surface area contributed by atoms with Crippen molar-refractivity contribution in [2.24, 2.45) is 0 Å². The zero-order valence-electron chi connectivity index (χ0n) is 19.6. The number of benzene rings is 2. The third-order valence-corrected chi connectivity index (χ3v) is 6.81. The van der Waals surface area contributed by atoms with Crippen LogP contribution in [0.4, 0.5) is 5.13 Å². The highest BCUT2D eigenvalue weighted by Crippen LogP contribution is 2.31. The van der Waals surface area contributed by atoms with Gasteiger partial charge in [-0.15, -0.1) is 11.3 Å². The molecular formula is C25H30N2O5S2. The number of anilines is 1. The highest BCUT2D eigenvalue weighted by molar-refractivity contribution is 7.89. The maximum Gasteiger partial charge on any atom is 0.290 e. The molecule has 0 fully saturated rings. The van der Waals surface area contributed by atoms with E-state index >= 15 is 0 Å². The summed E-state index contributed by atoms with van der Waals surface area (Å²) in [5, 5.41) is 5.35. The summed E-state index contributed by atoms with van der Waals surface area (Å²) >= 11 is 1.66. The van der Waals surface area contributed by atoms with Crippen LogP contribution in [0.3, 0.4) is 0 Å². The fraction of sp³-hybridized carbons (Fsp3) is 0.320. The largest absolute Gasteiger partial charge is 0.493 e. The van der Waals surface area contributed by atoms with E-state index in [0.717, 1.165) is 41.2 Å². The number of aryl methyl sites for hydroxylation is 1. The minimum atomic E-state index is -3.69. The Morgan fingerprint density at radius 2 is 1.88 bits per heavy atom. The van der Waals surface area contributed by atoms with Gasteiger partial charge in [0, 0.05) is 17.0 Å². The average molecular weight is 503 g/mol. The summed E-state index contributed by atoms with van der Waals surface area (Å²) in [4.78, 5) is 5.91. The van der Waals surface area contributed by atoms with Crippen LogP contribution in [0.1, 0.15) is 30.2 Å². The minimum Gasteiger partial charge on any atom is -0.493 e. The van der Waals surface area contributed by atoms with E-state index in [9.17, 15) is 8.42 Å². The number of unbranched alkanes of at least 4 members (excludes halogenated alkanes) is 1. The first kappa shape index (κ1) is 25.7. The molecule has 1 aromatic heterocycles. The molecular weight excluding hydrogens is 472 g/mol. The molecule has 9 heteroatoms. The zero-order chi connectivity index (χ0) is 24.4. The van der Waals surface area contributed by atoms with Gasteiger partial charge in [0.15, 0.2) is 16.6 Å². The molecule has 7 nitrogen and oxygen atoms in total. The van der Waals surface area contributed by atoms with Crippen LogP contribution in [-0.4, -0.2) is 40.3 Å². The average Bonchev–Trinajstić information content (AvgIpc) is 3.21. The number of thiazole rings is 1. The fourth-order valence-electron chi connectivity index (χ4n) is 3.22. The van der Waals surface area contributed by atoms with Gasteiger partial charge in [-0.1, -0.05) is 36.4 Å². The van der Waals surface area contributed by atoms with Crippen LogP contribution >= 0.6 is 11.3 Å². The third kappa shape index (κ3) is 7.58. The van der Waals surface area contributed by atoms with Gasteiger partial charge in [0.1, 0.15) is 0 Å². The van der Waals surface area contributed by atoms with E-state index in [4.69, 9.17) is 18.6 Å². The lowest BCUT2D eigenvalue weighted by Crippen LogP contribution is -2.05. The molecule has 3 rings (SSSR count). The maximum atomic E-state index is 11.7. The predicted octanol–water partition coefficient (Wildman–Crippen LogP) is 5.74. The van der Waals surface area contributed by atoms with Crippen molar-refractivity contribution in [2.45, 2.75) is 26.7 Å². The number of hydrogen-bond acceptors (Lipinski definition) is 8. The van der Waals surface area contributed by atoms with E-state index in [-0.39, 0.29) is 6.61 Å². The van der Waals surface area contributed by atoms with Gasteiger partial charge in [-0.25, -0.2) is 4.98 Å².